The predicted octanol–water partition coefficient (Wildman–Crippen LogP) is 1.69. The number of nitrogens with two attached hydrogens (primary N) is 1. The van der Waals surface area contributed by atoms with Crippen LogP contribution in [0.4, 0.5) is 19.3 Å². The molecule has 2 amide bonds. The molecule has 0 fully saturated rings. The number of nitrogens with one attached hydrogen (secondary N) is 3. The van der Waals surface area contributed by atoms with Crippen molar-refractivity contribution in [2.75, 3.05) is 5.32 Å². The van der Waals surface area contributed by atoms with E-state index in [1.165, 1.54) is 18.2 Å². The minimum Gasteiger partial charge on any atom is -0.402 e. The average molecular weight is 240 g/mol. The third-order valence-corrected chi connectivity index (χ3v) is 1.75. The number of hydrogen-bond acceptors (Lipinski definition) is 3. The Bertz CT molecular complexity index is 473. The monoisotopic (exact) mass is 240 g/mol. The highest BCUT2D eigenvalue weighted by atomic mass is 19.1. The summed E-state index contributed by atoms with van der Waals surface area (Å²) >= 11 is 0. The predicted molar refractivity (Wildman–Crippen MR) is 59.7 cm³/mol. The molecule has 5 N–H and O–H groups in total. The van der Waals surface area contributed by atoms with Gasteiger partial charge in [0.1, 0.15) is 5.82 Å². The fourth-order valence-corrected chi connectivity index (χ4v) is 0.973. The Balaban J connectivity index is 2.63. The van der Waals surface area contributed by atoms with Crippen LogP contribution >= 0.6 is 0 Å². The quantitative estimate of drug-likeness (QED) is 0.468. The van der Waals surface area contributed by atoms with Crippen LogP contribution < -0.4 is 16.4 Å². The molecule has 0 spiro atoms. The highest BCUT2D eigenvalue weighted by Crippen LogP contribution is 2.11. The van der Waals surface area contributed by atoms with Gasteiger partial charge < -0.3 is 11.1 Å². The van der Waals surface area contributed by atoms with Gasteiger partial charge in [0.05, 0.1) is 5.69 Å². The van der Waals surface area contributed by atoms with Gasteiger partial charge in [0.2, 0.25) is 0 Å². The van der Waals surface area contributed by atoms with Crippen molar-refractivity contribution in [2.24, 2.45) is 5.73 Å². The molecular weight excluding hydrogens is 230 g/mol. The van der Waals surface area contributed by atoms with Crippen LogP contribution in [-0.4, -0.2) is 11.9 Å². The third kappa shape index (κ3) is 3.56. The first-order valence-electron chi connectivity index (χ1n) is 4.53. The lowest BCUT2D eigenvalue weighted by Gasteiger charge is -2.07. The number of carbonyl (C=O) groups is 1. The molecule has 0 atom stereocenters. The zero-order chi connectivity index (χ0) is 12.8. The fraction of sp³-hybridized carbons (Fsp3) is 0. The van der Waals surface area contributed by atoms with Crippen molar-refractivity contribution in [3.8, 4) is 0 Å². The van der Waals surface area contributed by atoms with Crippen molar-refractivity contribution in [1.82, 2.24) is 5.32 Å². The van der Waals surface area contributed by atoms with E-state index in [9.17, 15) is 13.6 Å². The molecule has 0 saturated heterocycles. The van der Waals surface area contributed by atoms with Gasteiger partial charge in [-0.1, -0.05) is 12.1 Å². The van der Waals surface area contributed by atoms with Gasteiger partial charge in [0.25, 0.3) is 0 Å². The summed E-state index contributed by atoms with van der Waals surface area (Å²) in [5, 5.41) is 11.0. The highest BCUT2D eigenvalue weighted by Gasteiger charge is 2.10. The second-order valence-electron chi connectivity index (χ2n) is 2.95. The van der Waals surface area contributed by atoms with Crippen molar-refractivity contribution in [3.63, 3.8) is 0 Å². The Kier molecular flexibility index (Phi) is 4.15. The van der Waals surface area contributed by atoms with Gasteiger partial charge in [-0.25, -0.2) is 13.6 Å². The van der Waals surface area contributed by atoms with Crippen LogP contribution in [0.3, 0.4) is 0 Å². The summed E-state index contributed by atoms with van der Waals surface area (Å²) in [6.07, 6.45) is 0.533. The van der Waals surface area contributed by atoms with E-state index in [2.05, 4.69) is 5.32 Å². The fourth-order valence-electron chi connectivity index (χ4n) is 0.973. The standard InChI is InChI=1S/C10H10F2N4O/c11-6-3-1-2-4-8(6)15-10(17)16-9(14)7(12)5-13/h1-5H,13H2,(H3,14,15,16,17). The van der Waals surface area contributed by atoms with Crippen molar-refractivity contribution >= 4 is 17.6 Å². The summed E-state index contributed by atoms with van der Waals surface area (Å²) in [5.41, 5.74) is 4.74. The normalized spacial score (nSPS) is 10.8. The lowest BCUT2D eigenvalue weighted by Crippen LogP contribution is -2.34. The second kappa shape index (κ2) is 5.59. The molecule has 5 nitrogen and oxygen atoms in total. The zero-order valence-corrected chi connectivity index (χ0v) is 8.63. The molecule has 1 rings (SSSR count). The van der Waals surface area contributed by atoms with Crippen LogP contribution in [0.25, 0.3) is 0 Å². The zero-order valence-electron chi connectivity index (χ0n) is 8.63. The van der Waals surface area contributed by atoms with E-state index < -0.39 is 23.5 Å². The molecule has 17 heavy (non-hydrogen) atoms. The van der Waals surface area contributed by atoms with E-state index in [-0.39, 0.29) is 5.69 Å². The summed E-state index contributed by atoms with van der Waals surface area (Å²) in [6, 6.07) is 4.52. The molecule has 1 aromatic carbocycles. The molecule has 1 aromatic rings. The minimum absolute atomic E-state index is 0.0741. The third-order valence-electron chi connectivity index (χ3n) is 1.75. The summed E-state index contributed by atoms with van der Waals surface area (Å²) in [7, 11) is 0. The van der Waals surface area contributed by atoms with Crippen LogP contribution in [0, 0.1) is 11.2 Å². The molecular formula is C10H10F2N4O. The number of anilines is 1. The van der Waals surface area contributed by atoms with Gasteiger partial charge in [0.15, 0.2) is 11.7 Å². The van der Waals surface area contributed by atoms with E-state index in [0.717, 1.165) is 6.07 Å². The van der Waals surface area contributed by atoms with Crippen molar-refractivity contribution < 1.29 is 13.6 Å². The number of amides is 2. The van der Waals surface area contributed by atoms with Gasteiger partial charge in [-0.2, -0.15) is 0 Å². The van der Waals surface area contributed by atoms with Crippen LogP contribution in [0.15, 0.2) is 36.3 Å². The van der Waals surface area contributed by atoms with Gasteiger partial charge >= 0.3 is 6.03 Å². The van der Waals surface area contributed by atoms with E-state index in [4.69, 9.17) is 11.1 Å². The lowest BCUT2D eigenvalue weighted by molar-refractivity contribution is 0.256. The summed E-state index contributed by atoms with van der Waals surface area (Å²) in [4.78, 5) is 11.2. The van der Waals surface area contributed by atoms with Crippen LogP contribution in [0.1, 0.15) is 0 Å². The van der Waals surface area contributed by atoms with Gasteiger partial charge in [0, 0.05) is 6.20 Å². The van der Waals surface area contributed by atoms with Crippen LogP contribution in [-0.2, 0) is 0 Å². The maximum atomic E-state index is 13.1. The summed E-state index contributed by atoms with van der Waals surface area (Å²) in [5.74, 6) is -2.53. The number of para-hydroxylation sites is 1. The van der Waals surface area contributed by atoms with Crippen LogP contribution in [0.2, 0.25) is 0 Å². The minimum atomic E-state index is -1.09. The van der Waals surface area contributed by atoms with Crippen molar-refractivity contribution in [3.05, 3.63) is 42.1 Å². The Morgan fingerprint density at radius 1 is 1.41 bits per heavy atom. The molecule has 7 heteroatoms. The molecule has 0 radical (unpaired) electrons. The van der Waals surface area contributed by atoms with Crippen LogP contribution in [0.5, 0.6) is 0 Å². The number of hydrogen-bond donors (Lipinski definition) is 4. The largest absolute Gasteiger partial charge is 0.402 e. The number of carbonyl (C=O) groups excluding carboxylic acids is 1. The molecule has 90 valence electrons. The second-order valence-corrected chi connectivity index (χ2v) is 2.95. The Morgan fingerprint density at radius 2 is 2.06 bits per heavy atom. The number of rotatable bonds is 2. The van der Waals surface area contributed by atoms with E-state index in [0.29, 0.717) is 6.20 Å². The summed E-state index contributed by atoms with van der Waals surface area (Å²) < 4.78 is 25.8. The van der Waals surface area contributed by atoms with Gasteiger partial charge in [-0.05, 0) is 12.1 Å². The number of halogens is 2. The first kappa shape index (κ1) is 12.6. The number of amidine groups is 1. The van der Waals surface area contributed by atoms with E-state index in [1.807, 2.05) is 5.32 Å². The highest BCUT2D eigenvalue weighted by molar-refractivity contribution is 6.07. The number of urea groups is 1. The molecule has 0 aliphatic carbocycles. The summed E-state index contributed by atoms with van der Waals surface area (Å²) in [6.45, 7) is 0. The Labute approximate surface area is 95.8 Å². The van der Waals surface area contributed by atoms with Gasteiger partial charge in [-0.15, -0.1) is 0 Å². The Morgan fingerprint density at radius 3 is 2.65 bits per heavy atom. The topological polar surface area (TPSA) is 91.0 Å². The van der Waals surface area contributed by atoms with Crippen molar-refractivity contribution in [1.29, 1.82) is 5.41 Å². The maximum absolute atomic E-state index is 13.1. The molecule has 0 unspecified atom stereocenters. The molecule has 0 aliphatic rings. The smallest absolute Gasteiger partial charge is 0.324 e. The average Bonchev–Trinajstić information content (AvgIpc) is 2.31. The first-order chi connectivity index (χ1) is 8.04. The van der Waals surface area contributed by atoms with Crippen molar-refractivity contribution in [2.45, 2.75) is 0 Å². The molecule has 0 aliphatic heterocycles. The molecule has 0 heterocycles. The Hall–Kier alpha value is -2.44. The lowest BCUT2D eigenvalue weighted by atomic mass is 10.3. The van der Waals surface area contributed by atoms with E-state index >= 15 is 0 Å². The molecule has 0 aromatic heterocycles. The molecule has 0 bridgehead atoms. The van der Waals surface area contributed by atoms with Gasteiger partial charge in [-0.3, -0.25) is 10.7 Å². The first-order valence-corrected chi connectivity index (χ1v) is 4.53. The van der Waals surface area contributed by atoms with E-state index in [1.54, 1.807) is 0 Å². The maximum Gasteiger partial charge on any atom is 0.324 e. The number of benzene rings is 1. The molecule has 0 saturated carbocycles. The SMILES string of the molecule is N=C(NC(=O)Nc1ccccc1F)C(F)=CN.